The maximum absolute atomic E-state index is 13.0. The van der Waals surface area contributed by atoms with Crippen molar-refractivity contribution in [3.63, 3.8) is 0 Å². The number of carbonyl (C=O) groups excluding carboxylic acids is 2. The predicted molar refractivity (Wildman–Crippen MR) is 103 cm³/mol. The standard InChI is InChI=1S/C23H19NO2/c25-22(18-8-2-1-3-9-18)19-12-14-20(15-13-19)23(26)24-16-6-10-17-7-4-5-11-21(17)24/h1-5,7-9,11-15H,6,10,16H2. The van der Waals surface area contributed by atoms with Gasteiger partial charge in [0.05, 0.1) is 0 Å². The molecule has 128 valence electrons. The van der Waals surface area contributed by atoms with E-state index in [4.69, 9.17) is 0 Å². The lowest BCUT2D eigenvalue weighted by atomic mass is 9.99. The van der Waals surface area contributed by atoms with Gasteiger partial charge in [0.15, 0.2) is 5.78 Å². The maximum atomic E-state index is 13.0. The largest absolute Gasteiger partial charge is 0.308 e. The molecule has 0 spiro atoms. The topological polar surface area (TPSA) is 37.4 Å². The molecule has 1 heterocycles. The van der Waals surface area contributed by atoms with Crippen molar-refractivity contribution >= 4 is 17.4 Å². The van der Waals surface area contributed by atoms with Crippen LogP contribution in [0, 0.1) is 0 Å². The van der Waals surface area contributed by atoms with Gasteiger partial charge in [-0.3, -0.25) is 9.59 Å². The second kappa shape index (κ2) is 6.96. The van der Waals surface area contributed by atoms with Gasteiger partial charge in [-0.15, -0.1) is 0 Å². The summed E-state index contributed by atoms with van der Waals surface area (Å²) in [4.78, 5) is 27.3. The Hall–Kier alpha value is -3.20. The summed E-state index contributed by atoms with van der Waals surface area (Å²) in [7, 11) is 0. The van der Waals surface area contributed by atoms with Crippen LogP contribution in [0.3, 0.4) is 0 Å². The third-order valence-corrected chi connectivity index (χ3v) is 4.79. The number of anilines is 1. The molecule has 0 aliphatic carbocycles. The number of rotatable bonds is 3. The van der Waals surface area contributed by atoms with Crippen molar-refractivity contribution in [1.82, 2.24) is 0 Å². The molecule has 0 fully saturated rings. The summed E-state index contributed by atoms with van der Waals surface area (Å²) >= 11 is 0. The minimum atomic E-state index is -0.0343. The van der Waals surface area contributed by atoms with Crippen LogP contribution < -0.4 is 4.90 Å². The summed E-state index contributed by atoms with van der Waals surface area (Å²) in [5.41, 5.74) is 4.05. The van der Waals surface area contributed by atoms with E-state index in [2.05, 4.69) is 6.07 Å². The first-order valence-electron chi connectivity index (χ1n) is 8.83. The number of fused-ring (bicyclic) bond motifs is 1. The van der Waals surface area contributed by atoms with Crippen molar-refractivity contribution in [2.75, 3.05) is 11.4 Å². The lowest BCUT2D eigenvalue weighted by Gasteiger charge is -2.29. The van der Waals surface area contributed by atoms with E-state index in [1.165, 1.54) is 5.56 Å². The molecular formula is C23H19NO2. The second-order valence-electron chi connectivity index (χ2n) is 6.46. The SMILES string of the molecule is O=C(c1ccccc1)c1ccc(C(=O)N2CCCc3ccccc32)cc1. The monoisotopic (exact) mass is 341 g/mol. The fourth-order valence-corrected chi connectivity index (χ4v) is 3.42. The number of hydrogen-bond donors (Lipinski definition) is 0. The fraction of sp³-hybridized carbons (Fsp3) is 0.130. The van der Waals surface area contributed by atoms with Gasteiger partial charge in [-0.25, -0.2) is 0 Å². The minimum absolute atomic E-state index is 0.0177. The predicted octanol–water partition coefficient (Wildman–Crippen LogP) is 4.51. The Balaban J connectivity index is 1.58. The molecule has 0 bridgehead atoms. The van der Waals surface area contributed by atoms with Gasteiger partial charge < -0.3 is 4.90 Å². The van der Waals surface area contributed by atoms with E-state index in [0.717, 1.165) is 25.1 Å². The molecule has 3 aromatic carbocycles. The number of aryl methyl sites for hydroxylation is 1. The number of hydrogen-bond acceptors (Lipinski definition) is 2. The van der Waals surface area contributed by atoms with Crippen LogP contribution in [0.5, 0.6) is 0 Å². The van der Waals surface area contributed by atoms with E-state index < -0.39 is 0 Å². The highest BCUT2D eigenvalue weighted by Gasteiger charge is 2.23. The van der Waals surface area contributed by atoms with Gasteiger partial charge >= 0.3 is 0 Å². The first-order valence-corrected chi connectivity index (χ1v) is 8.83. The van der Waals surface area contributed by atoms with E-state index in [1.54, 1.807) is 36.4 Å². The van der Waals surface area contributed by atoms with Crippen LogP contribution in [0.1, 0.15) is 38.3 Å². The van der Waals surface area contributed by atoms with Gasteiger partial charge in [0.1, 0.15) is 0 Å². The molecule has 3 heteroatoms. The maximum Gasteiger partial charge on any atom is 0.258 e. The van der Waals surface area contributed by atoms with Crippen molar-refractivity contribution in [3.05, 3.63) is 101 Å². The zero-order chi connectivity index (χ0) is 17.9. The molecule has 0 radical (unpaired) electrons. The van der Waals surface area contributed by atoms with Gasteiger partial charge in [-0.2, -0.15) is 0 Å². The highest BCUT2D eigenvalue weighted by molar-refractivity contribution is 6.10. The van der Waals surface area contributed by atoms with Crippen LogP contribution in [-0.2, 0) is 6.42 Å². The first kappa shape index (κ1) is 16.3. The number of benzene rings is 3. The molecule has 3 nitrogen and oxygen atoms in total. The Morgan fingerprint density at radius 2 is 1.31 bits per heavy atom. The molecule has 0 atom stereocenters. The first-order chi connectivity index (χ1) is 12.7. The van der Waals surface area contributed by atoms with Crippen LogP contribution in [0.2, 0.25) is 0 Å². The van der Waals surface area contributed by atoms with Crippen LogP contribution in [-0.4, -0.2) is 18.2 Å². The van der Waals surface area contributed by atoms with Gasteiger partial charge in [-0.1, -0.05) is 60.7 Å². The molecule has 1 aliphatic heterocycles. The number of para-hydroxylation sites is 1. The van der Waals surface area contributed by atoms with Gasteiger partial charge in [0.2, 0.25) is 0 Å². The Bertz CT molecular complexity index is 945. The average Bonchev–Trinajstić information content (AvgIpc) is 2.73. The molecule has 26 heavy (non-hydrogen) atoms. The highest BCUT2D eigenvalue weighted by atomic mass is 16.2. The van der Waals surface area contributed by atoms with E-state index in [0.29, 0.717) is 16.7 Å². The molecule has 0 unspecified atom stereocenters. The van der Waals surface area contributed by atoms with Gasteiger partial charge in [0.25, 0.3) is 5.91 Å². The van der Waals surface area contributed by atoms with Crippen LogP contribution in [0.15, 0.2) is 78.9 Å². The van der Waals surface area contributed by atoms with Crippen LogP contribution in [0.25, 0.3) is 0 Å². The Morgan fingerprint density at radius 1 is 0.692 bits per heavy atom. The van der Waals surface area contributed by atoms with Gasteiger partial charge in [0, 0.05) is 28.9 Å². The van der Waals surface area contributed by atoms with Crippen LogP contribution in [0.4, 0.5) is 5.69 Å². The van der Waals surface area contributed by atoms with Crippen molar-refractivity contribution in [1.29, 1.82) is 0 Å². The zero-order valence-electron chi connectivity index (χ0n) is 14.4. The van der Waals surface area contributed by atoms with Crippen molar-refractivity contribution in [2.24, 2.45) is 0 Å². The Labute approximate surface area is 152 Å². The summed E-state index contributed by atoms with van der Waals surface area (Å²) in [5, 5.41) is 0. The fourth-order valence-electron chi connectivity index (χ4n) is 3.42. The number of carbonyl (C=O) groups is 2. The molecule has 0 N–H and O–H groups in total. The Kier molecular flexibility index (Phi) is 4.36. The summed E-state index contributed by atoms with van der Waals surface area (Å²) in [6.07, 6.45) is 1.97. The smallest absolute Gasteiger partial charge is 0.258 e. The van der Waals surface area contributed by atoms with Crippen molar-refractivity contribution in [2.45, 2.75) is 12.8 Å². The summed E-state index contributed by atoms with van der Waals surface area (Å²) in [5.74, 6) is -0.0521. The quantitative estimate of drug-likeness (QED) is 0.657. The molecule has 1 amide bonds. The van der Waals surface area contributed by atoms with E-state index in [1.807, 2.05) is 41.3 Å². The molecule has 0 saturated heterocycles. The minimum Gasteiger partial charge on any atom is -0.308 e. The lowest BCUT2D eigenvalue weighted by Crippen LogP contribution is -2.35. The number of ketones is 1. The molecule has 3 aromatic rings. The average molecular weight is 341 g/mol. The Morgan fingerprint density at radius 3 is 2.08 bits per heavy atom. The van der Waals surface area contributed by atoms with Crippen molar-refractivity contribution < 1.29 is 9.59 Å². The van der Waals surface area contributed by atoms with Crippen molar-refractivity contribution in [3.8, 4) is 0 Å². The molecular weight excluding hydrogens is 322 g/mol. The summed E-state index contributed by atoms with van der Waals surface area (Å²) in [6.45, 7) is 0.723. The third-order valence-electron chi connectivity index (χ3n) is 4.79. The van der Waals surface area contributed by atoms with Gasteiger partial charge in [-0.05, 0) is 36.6 Å². The molecule has 0 saturated carbocycles. The normalized spacial score (nSPS) is 13.2. The van der Waals surface area contributed by atoms with E-state index in [-0.39, 0.29) is 11.7 Å². The molecule has 1 aliphatic rings. The van der Waals surface area contributed by atoms with Crippen LogP contribution >= 0.6 is 0 Å². The van der Waals surface area contributed by atoms with E-state index >= 15 is 0 Å². The molecule has 4 rings (SSSR count). The number of nitrogens with zero attached hydrogens (tertiary/aromatic N) is 1. The van der Waals surface area contributed by atoms with E-state index in [9.17, 15) is 9.59 Å². The number of amides is 1. The lowest BCUT2D eigenvalue weighted by molar-refractivity contribution is 0.0982. The zero-order valence-corrected chi connectivity index (χ0v) is 14.4. The highest BCUT2D eigenvalue weighted by Crippen LogP contribution is 2.28. The second-order valence-corrected chi connectivity index (χ2v) is 6.46. The summed E-state index contributed by atoms with van der Waals surface area (Å²) < 4.78 is 0. The summed E-state index contributed by atoms with van der Waals surface area (Å²) in [6, 6.07) is 24.2. The third kappa shape index (κ3) is 3.04. The molecule has 0 aromatic heterocycles.